The Bertz CT molecular complexity index is 1810. The number of methoxy groups -OCH3 is 1. The zero-order valence-corrected chi connectivity index (χ0v) is 22.0. The Morgan fingerprint density at radius 1 is 1.15 bits per heavy atom. The maximum Gasteiger partial charge on any atom is 0.417 e. The summed E-state index contributed by atoms with van der Waals surface area (Å²) in [6.45, 7) is 2.93. The molecule has 41 heavy (non-hydrogen) atoms. The van der Waals surface area contributed by atoms with Crippen LogP contribution in [-0.4, -0.2) is 43.8 Å². The molecule has 0 aliphatic rings. The lowest BCUT2D eigenvalue weighted by Gasteiger charge is -2.16. The van der Waals surface area contributed by atoms with Crippen molar-refractivity contribution >= 4 is 23.1 Å². The maximum absolute atomic E-state index is 13.9. The average molecular weight is 560 g/mol. The van der Waals surface area contributed by atoms with Crippen molar-refractivity contribution in [3.63, 3.8) is 0 Å². The Labute approximate surface area is 232 Å². The van der Waals surface area contributed by atoms with Gasteiger partial charge >= 0.3 is 6.18 Å². The molecule has 3 aromatic heterocycles. The topological polar surface area (TPSA) is 112 Å². The van der Waals surface area contributed by atoms with E-state index in [9.17, 15) is 18.0 Å². The average Bonchev–Trinajstić information content (AvgIpc) is 3.58. The second kappa shape index (κ2) is 11.1. The van der Waals surface area contributed by atoms with Crippen LogP contribution in [0.1, 0.15) is 32.7 Å². The fraction of sp³-hybridized carbons (Fsp3) is 0.172. The van der Waals surface area contributed by atoms with Crippen molar-refractivity contribution in [1.82, 2.24) is 24.1 Å². The van der Waals surface area contributed by atoms with Gasteiger partial charge in [0.05, 0.1) is 36.8 Å². The third kappa shape index (κ3) is 5.75. The number of ether oxygens (including phenoxy) is 1. The van der Waals surface area contributed by atoms with Gasteiger partial charge in [0.2, 0.25) is 5.91 Å². The van der Waals surface area contributed by atoms with Gasteiger partial charge < -0.3 is 15.8 Å². The molecule has 3 N–H and O–H groups in total. The number of anilines is 2. The highest BCUT2D eigenvalue weighted by molar-refractivity contribution is 6.01. The van der Waals surface area contributed by atoms with E-state index in [-0.39, 0.29) is 16.7 Å². The largest absolute Gasteiger partial charge is 0.417 e. The molecular formula is C29H24F3N7O2. The van der Waals surface area contributed by atoms with E-state index in [1.165, 1.54) is 18.2 Å². The number of amides is 1. The zero-order chi connectivity index (χ0) is 29.1. The Hall–Kier alpha value is -5.15. The number of alkyl halides is 3. The smallest absolute Gasteiger partial charge is 0.383 e. The molecule has 1 amide bonds. The first-order chi connectivity index (χ1) is 19.7. The number of imidazole rings is 1. The van der Waals surface area contributed by atoms with E-state index in [1.54, 1.807) is 54.0 Å². The van der Waals surface area contributed by atoms with Crippen LogP contribution in [0.15, 0.2) is 67.4 Å². The van der Waals surface area contributed by atoms with Gasteiger partial charge in [-0.2, -0.15) is 18.3 Å². The van der Waals surface area contributed by atoms with Crippen LogP contribution in [0.25, 0.3) is 16.8 Å². The van der Waals surface area contributed by atoms with Crippen molar-refractivity contribution < 1.29 is 22.7 Å². The quantitative estimate of drug-likeness (QED) is 0.277. The van der Waals surface area contributed by atoms with Crippen LogP contribution in [0.3, 0.4) is 0 Å². The lowest BCUT2D eigenvalue weighted by Crippen LogP contribution is -2.16. The lowest BCUT2D eigenvalue weighted by atomic mass is 9.91. The predicted octanol–water partition coefficient (Wildman–Crippen LogP) is 4.81. The normalized spacial score (nSPS) is 11.3. The predicted molar refractivity (Wildman–Crippen MR) is 146 cm³/mol. The molecular weight excluding hydrogens is 535 g/mol. The van der Waals surface area contributed by atoms with Gasteiger partial charge in [-0.3, -0.25) is 13.9 Å². The summed E-state index contributed by atoms with van der Waals surface area (Å²) in [5, 5.41) is 7.48. The number of primary amides is 1. The Morgan fingerprint density at radius 3 is 2.73 bits per heavy atom. The minimum absolute atomic E-state index is 0.182. The van der Waals surface area contributed by atoms with E-state index in [0.29, 0.717) is 35.9 Å². The number of benzene rings is 2. The molecule has 12 heteroatoms. The molecule has 5 rings (SSSR count). The van der Waals surface area contributed by atoms with Crippen molar-refractivity contribution in [2.45, 2.75) is 19.6 Å². The number of rotatable bonds is 7. The maximum atomic E-state index is 13.9. The van der Waals surface area contributed by atoms with Crippen molar-refractivity contribution in [1.29, 1.82) is 0 Å². The highest BCUT2D eigenvalue weighted by atomic mass is 19.4. The molecule has 0 atom stereocenters. The third-order valence-corrected chi connectivity index (χ3v) is 6.34. The van der Waals surface area contributed by atoms with E-state index in [1.807, 2.05) is 6.20 Å². The van der Waals surface area contributed by atoms with Gasteiger partial charge in [0.1, 0.15) is 5.69 Å². The number of nitrogens with two attached hydrogens (primary N) is 1. The second-order valence-electron chi connectivity index (χ2n) is 9.09. The first kappa shape index (κ1) is 27.4. The van der Waals surface area contributed by atoms with Crippen LogP contribution in [0, 0.1) is 18.8 Å². The Balaban J connectivity index is 1.49. The summed E-state index contributed by atoms with van der Waals surface area (Å²) in [6.07, 6.45) is 3.70. The summed E-state index contributed by atoms with van der Waals surface area (Å²) in [7, 11) is 1.62. The van der Waals surface area contributed by atoms with Gasteiger partial charge in [-0.1, -0.05) is 24.1 Å². The summed E-state index contributed by atoms with van der Waals surface area (Å²) in [5.74, 6) is 5.64. The van der Waals surface area contributed by atoms with Crippen LogP contribution in [-0.2, 0) is 17.5 Å². The Morgan fingerprint density at radius 2 is 1.98 bits per heavy atom. The van der Waals surface area contributed by atoms with Gasteiger partial charge in [-0.15, -0.1) is 0 Å². The van der Waals surface area contributed by atoms with E-state index in [4.69, 9.17) is 10.5 Å². The van der Waals surface area contributed by atoms with Crippen LogP contribution >= 0.6 is 0 Å². The Kier molecular flexibility index (Phi) is 7.45. The minimum Gasteiger partial charge on any atom is -0.383 e. The first-order valence-electron chi connectivity index (χ1n) is 12.4. The first-order valence-corrected chi connectivity index (χ1v) is 12.4. The fourth-order valence-electron chi connectivity index (χ4n) is 4.32. The fourth-order valence-corrected chi connectivity index (χ4v) is 4.32. The van der Waals surface area contributed by atoms with Crippen molar-refractivity contribution in [3.8, 4) is 23.0 Å². The number of carbonyl (C=O) groups excluding carboxylic acids is 1. The summed E-state index contributed by atoms with van der Waals surface area (Å²) in [5.41, 5.74) is 7.18. The monoisotopic (exact) mass is 559 g/mol. The standard InChI is InChI=1S/C29H24F3N7O2/c1-18-6-7-20(25-23(26(33)40)4-3-5-24(25)29(30,31)32)14-19(18)8-9-22-16-35-28-27(34-10-11-39(22)28)37-21-15-36-38(17-21)12-13-41-2/h3-7,10-11,14-17H,12-13H2,1-2H3,(H2,33,40)(H,34,37). The number of nitrogens with one attached hydrogen (secondary N) is 1. The number of hydrogen-bond donors (Lipinski definition) is 2. The molecule has 0 radical (unpaired) electrons. The van der Waals surface area contributed by atoms with E-state index in [0.717, 1.165) is 23.4 Å². The molecule has 0 saturated carbocycles. The van der Waals surface area contributed by atoms with Gasteiger partial charge in [-0.25, -0.2) is 9.97 Å². The molecule has 0 fully saturated rings. The summed E-state index contributed by atoms with van der Waals surface area (Å²) in [6, 6.07) is 8.07. The second-order valence-corrected chi connectivity index (χ2v) is 9.09. The molecule has 0 aliphatic carbocycles. The number of carbonyl (C=O) groups is 1. The molecule has 0 saturated heterocycles. The van der Waals surface area contributed by atoms with Gasteiger partial charge in [0, 0.05) is 42.4 Å². The lowest BCUT2D eigenvalue weighted by molar-refractivity contribution is -0.137. The van der Waals surface area contributed by atoms with Crippen LogP contribution in [0.5, 0.6) is 0 Å². The highest BCUT2D eigenvalue weighted by Crippen LogP contribution is 2.39. The minimum atomic E-state index is -4.68. The van der Waals surface area contributed by atoms with Gasteiger partial charge in [0.15, 0.2) is 11.5 Å². The summed E-state index contributed by atoms with van der Waals surface area (Å²) >= 11 is 0. The molecule has 3 heterocycles. The summed E-state index contributed by atoms with van der Waals surface area (Å²) < 4.78 is 50.1. The van der Waals surface area contributed by atoms with Gasteiger partial charge in [0.25, 0.3) is 0 Å². The highest BCUT2D eigenvalue weighted by Gasteiger charge is 2.35. The number of aryl methyl sites for hydroxylation is 1. The molecule has 2 aromatic carbocycles. The van der Waals surface area contributed by atoms with Crippen molar-refractivity contribution in [3.05, 3.63) is 95.3 Å². The SMILES string of the molecule is COCCn1cc(Nc2nccn3c(C#Cc4cc(-c5c(C(N)=O)cccc5C(F)(F)F)ccc4C)cnc23)cn1. The van der Waals surface area contributed by atoms with E-state index < -0.39 is 17.6 Å². The third-order valence-electron chi connectivity index (χ3n) is 6.34. The van der Waals surface area contributed by atoms with Crippen molar-refractivity contribution in [2.24, 2.45) is 5.73 Å². The molecule has 0 spiro atoms. The van der Waals surface area contributed by atoms with Crippen LogP contribution in [0.4, 0.5) is 24.7 Å². The van der Waals surface area contributed by atoms with Crippen molar-refractivity contribution in [2.75, 3.05) is 19.0 Å². The molecule has 5 aromatic rings. The number of fused-ring (bicyclic) bond motifs is 1. The van der Waals surface area contributed by atoms with E-state index >= 15 is 0 Å². The van der Waals surface area contributed by atoms with Crippen LogP contribution < -0.4 is 11.1 Å². The summed E-state index contributed by atoms with van der Waals surface area (Å²) in [4.78, 5) is 20.8. The molecule has 208 valence electrons. The number of nitrogens with zero attached hydrogens (tertiary/aromatic N) is 5. The van der Waals surface area contributed by atoms with Gasteiger partial charge in [-0.05, 0) is 42.2 Å². The van der Waals surface area contributed by atoms with E-state index in [2.05, 4.69) is 32.2 Å². The molecule has 0 unspecified atom stereocenters. The molecule has 0 bridgehead atoms. The number of aromatic nitrogens is 5. The van der Waals surface area contributed by atoms with Crippen LogP contribution in [0.2, 0.25) is 0 Å². The number of halogens is 3. The zero-order valence-electron chi connectivity index (χ0n) is 22.0. The number of hydrogen-bond acceptors (Lipinski definition) is 6. The molecule has 0 aliphatic heterocycles. The molecule has 9 nitrogen and oxygen atoms in total.